The van der Waals surface area contributed by atoms with Crippen molar-refractivity contribution in [1.82, 2.24) is 24.4 Å². The number of carbonyl (C=O) groups excluding carboxylic acids is 2. The highest BCUT2D eigenvalue weighted by atomic mass is 31.2. The Kier molecular flexibility index (Phi) is 16.2. The van der Waals surface area contributed by atoms with E-state index in [1.165, 1.54) is 16.4 Å². The summed E-state index contributed by atoms with van der Waals surface area (Å²) >= 11 is 0. The maximum atomic E-state index is 14.3. The molecule has 5 aliphatic heterocycles. The standard InChI is InChI=1S/C51H63N6O13P/c1-31(2)57(32(3)4)71(67-24-12-23-52)70-40-26-43-55-27-33(5)45(53-48(55)59)46-50(6,61)47(58)54-49(60)56(46)44-25-39(65-30-64-28-41(40)68-43)42(69-44)29-66-51(34-13-10-9-11-14-34,35-15-19-37(62-7)20-16-35)36-17-21-38(63-8)22-18-36/h9-11,13-22,27,31-32,39-44,46,61H,12,24-26,28-30H2,1-8H3,(H,54,58,60)/t39-,40-,41+,42+,43+,44+,46-,50+,71?/m0/s1. The van der Waals surface area contributed by atoms with Gasteiger partial charge in [0, 0.05) is 31.1 Å². The highest BCUT2D eigenvalue weighted by molar-refractivity contribution is 7.44. The third-order valence-electron chi connectivity index (χ3n) is 13.3. The van der Waals surface area contributed by atoms with Gasteiger partial charge in [-0.25, -0.2) is 14.3 Å². The van der Waals surface area contributed by atoms with Crippen LogP contribution in [0.15, 0.2) is 89.9 Å². The van der Waals surface area contributed by atoms with Gasteiger partial charge in [-0.2, -0.15) is 10.2 Å². The van der Waals surface area contributed by atoms with Gasteiger partial charge in [-0.05, 0) is 88.1 Å². The number of aromatic nitrogens is 2. The van der Waals surface area contributed by atoms with Crippen LogP contribution in [-0.2, 0) is 43.1 Å². The molecule has 1 aromatic heterocycles. The number of urea groups is 1. The van der Waals surface area contributed by atoms with Crippen molar-refractivity contribution in [2.45, 2.75) is 127 Å². The minimum Gasteiger partial charge on any atom is -0.497 e. The second kappa shape index (κ2) is 22.2. The fourth-order valence-electron chi connectivity index (χ4n) is 9.88. The van der Waals surface area contributed by atoms with Crippen LogP contribution >= 0.6 is 8.53 Å². The van der Waals surface area contributed by atoms with E-state index in [-0.39, 0.29) is 63.7 Å². The van der Waals surface area contributed by atoms with Gasteiger partial charge in [-0.15, -0.1) is 0 Å². The van der Waals surface area contributed by atoms with Crippen LogP contribution in [0.1, 0.15) is 94.1 Å². The summed E-state index contributed by atoms with van der Waals surface area (Å²) in [7, 11) is 1.48. The van der Waals surface area contributed by atoms with Crippen molar-refractivity contribution in [3.63, 3.8) is 0 Å². The first-order chi connectivity index (χ1) is 34.1. The summed E-state index contributed by atoms with van der Waals surface area (Å²) in [6.45, 7) is 10.9. The molecule has 20 heteroatoms. The molecule has 6 heterocycles. The third-order valence-corrected chi connectivity index (χ3v) is 15.5. The Bertz CT molecular complexity index is 2520. The monoisotopic (exact) mass is 998 g/mol. The minimum atomic E-state index is -2.28. The number of aliphatic hydroxyl groups is 1. The highest BCUT2D eigenvalue weighted by Gasteiger charge is 2.57. The number of hydrogen-bond donors (Lipinski definition) is 2. The van der Waals surface area contributed by atoms with Crippen molar-refractivity contribution in [3.8, 4) is 17.6 Å². The molecule has 2 N–H and O–H groups in total. The Morgan fingerprint density at radius 3 is 2.15 bits per heavy atom. The van der Waals surface area contributed by atoms with E-state index in [4.69, 9.17) is 42.2 Å². The van der Waals surface area contributed by atoms with Gasteiger partial charge in [0.1, 0.15) is 54.6 Å². The summed E-state index contributed by atoms with van der Waals surface area (Å²) in [4.78, 5) is 47.7. The van der Waals surface area contributed by atoms with E-state index in [2.05, 4.69) is 21.0 Å². The van der Waals surface area contributed by atoms with Gasteiger partial charge in [-0.3, -0.25) is 19.6 Å². The number of nitrogens with zero attached hydrogens (tertiary/aromatic N) is 5. The Balaban J connectivity index is 1.19. The normalized spacial score (nSPS) is 26.1. The van der Waals surface area contributed by atoms with E-state index < -0.39 is 80.3 Å². The second-order valence-corrected chi connectivity index (χ2v) is 20.1. The van der Waals surface area contributed by atoms with Crippen LogP contribution in [0.5, 0.6) is 11.5 Å². The Morgan fingerprint density at radius 1 is 0.915 bits per heavy atom. The van der Waals surface area contributed by atoms with Gasteiger partial charge in [0.25, 0.3) is 14.4 Å². The van der Waals surface area contributed by atoms with Crippen molar-refractivity contribution < 1.29 is 56.9 Å². The number of methoxy groups -OCH3 is 2. The summed E-state index contributed by atoms with van der Waals surface area (Å²) in [5.74, 6) is 0.328. The fraction of sp³-hybridized carbons (Fsp3) is 0.510. The number of ether oxygens (including phenoxy) is 7. The van der Waals surface area contributed by atoms with Crippen LogP contribution in [-0.4, -0.2) is 125 Å². The van der Waals surface area contributed by atoms with E-state index in [0.717, 1.165) is 16.7 Å². The molecule has 19 nitrogen and oxygen atoms in total. The van der Waals surface area contributed by atoms with Crippen LogP contribution in [0.3, 0.4) is 0 Å². The average molecular weight is 999 g/mol. The summed E-state index contributed by atoms with van der Waals surface area (Å²) in [6, 6.07) is 24.7. The van der Waals surface area contributed by atoms with E-state index >= 15 is 0 Å². The van der Waals surface area contributed by atoms with Gasteiger partial charge in [0.05, 0.1) is 64.4 Å². The van der Waals surface area contributed by atoms with Crippen LogP contribution in [0, 0.1) is 18.3 Å². The number of rotatable bonds is 16. The Morgan fingerprint density at radius 2 is 1.55 bits per heavy atom. The molecular formula is C51H63N6O13P. The van der Waals surface area contributed by atoms with Crippen LogP contribution in [0.4, 0.5) is 4.79 Å². The summed E-state index contributed by atoms with van der Waals surface area (Å²) in [5, 5.41) is 23.7. The quantitative estimate of drug-likeness (QED) is 0.0710. The molecule has 0 saturated carbocycles. The van der Waals surface area contributed by atoms with Crippen LogP contribution in [0.25, 0.3) is 0 Å². The number of benzene rings is 3. The molecule has 71 heavy (non-hydrogen) atoms. The average Bonchev–Trinajstić information content (AvgIpc) is 3.95. The predicted octanol–water partition coefficient (Wildman–Crippen LogP) is 6.36. The first kappa shape index (κ1) is 52.0. The van der Waals surface area contributed by atoms with Crippen molar-refractivity contribution in [2.75, 3.05) is 40.8 Å². The first-order valence-electron chi connectivity index (χ1n) is 23.8. The maximum absolute atomic E-state index is 14.3. The molecule has 3 amide bonds. The van der Waals surface area contributed by atoms with E-state index in [0.29, 0.717) is 17.1 Å². The van der Waals surface area contributed by atoms with Crippen molar-refractivity contribution in [1.29, 1.82) is 5.26 Å². The number of aryl methyl sites for hydroxylation is 1. The predicted molar refractivity (Wildman–Crippen MR) is 258 cm³/mol. The van der Waals surface area contributed by atoms with Crippen molar-refractivity contribution in [2.24, 2.45) is 0 Å². The largest absolute Gasteiger partial charge is 0.497 e. The molecule has 5 aliphatic rings. The molecular weight excluding hydrogens is 936 g/mol. The highest BCUT2D eigenvalue weighted by Crippen LogP contribution is 2.50. The topological polar surface area (TPSA) is 215 Å². The number of carbonyl (C=O) groups is 2. The second-order valence-electron chi connectivity index (χ2n) is 18.6. The van der Waals surface area contributed by atoms with Gasteiger partial charge in [0.2, 0.25) is 0 Å². The van der Waals surface area contributed by atoms with Gasteiger partial charge >= 0.3 is 11.7 Å². The lowest BCUT2D eigenvalue weighted by Crippen LogP contribution is -2.67. The minimum absolute atomic E-state index is 0.000906. The fourth-order valence-corrected chi connectivity index (χ4v) is 11.6. The SMILES string of the molecule is COc1ccc(C(OC[C@H]2O[C@@H]3C[C@@H]2OCOC[C@H]2O[C@H](C[C@@H]2OP(OCCC#N)N(C(C)C)C(C)C)n2cc(C)c(nc2=O)[C@@H]2N3C(=O)NC(=O)[C@]2(C)O)(c2ccccc2)c2ccc(OC)cc2)cc1. The van der Waals surface area contributed by atoms with Gasteiger partial charge in [-0.1, -0.05) is 54.6 Å². The lowest BCUT2D eigenvalue weighted by Gasteiger charge is -2.45. The number of fused-ring (bicyclic) bond motifs is 5. The lowest BCUT2D eigenvalue weighted by molar-refractivity contribution is -0.165. The van der Waals surface area contributed by atoms with Crippen LogP contribution < -0.4 is 20.5 Å². The zero-order valence-corrected chi connectivity index (χ0v) is 42.2. The van der Waals surface area contributed by atoms with E-state index in [1.54, 1.807) is 27.3 Å². The number of amides is 3. The molecule has 0 radical (unpaired) electrons. The zero-order valence-electron chi connectivity index (χ0n) is 41.3. The molecule has 0 aliphatic carbocycles. The summed E-state index contributed by atoms with van der Waals surface area (Å²) in [6.07, 6.45) is -3.16. The van der Waals surface area contributed by atoms with E-state index in [9.17, 15) is 24.8 Å². The molecule has 4 aromatic rings. The molecule has 6 bridgehead atoms. The molecule has 0 spiro atoms. The van der Waals surface area contributed by atoms with Gasteiger partial charge < -0.3 is 47.3 Å². The Hall–Kier alpha value is -5.36. The molecule has 3 saturated heterocycles. The summed E-state index contributed by atoms with van der Waals surface area (Å²) < 4.78 is 61.1. The maximum Gasteiger partial charge on any atom is 0.349 e. The first-order valence-corrected chi connectivity index (χ1v) is 24.9. The van der Waals surface area contributed by atoms with E-state index in [1.807, 2.05) is 107 Å². The third kappa shape index (κ3) is 10.6. The zero-order chi connectivity index (χ0) is 50.6. The molecule has 3 aromatic carbocycles. The summed E-state index contributed by atoms with van der Waals surface area (Å²) in [5.41, 5.74) is -1.56. The molecule has 380 valence electrons. The molecule has 9 atom stereocenters. The number of hydrogen-bond acceptors (Lipinski definition) is 16. The molecule has 9 rings (SSSR count). The number of nitriles is 1. The Labute approximate surface area is 414 Å². The smallest absolute Gasteiger partial charge is 0.349 e. The number of nitrogens with one attached hydrogen (secondary N) is 1. The molecule has 3 fully saturated rings. The lowest BCUT2D eigenvalue weighted by atomic mass is 9.80. The number of imide groups is 1. The van der Waals surface area contributed by atoms with Crippen LogP contribution in [0.2, 0.25) is 0 Å². The molecule has 1 unspecified atom stereocenters. The van der Waals surface area contributed by atoms with Crippen molar-refractivity contribution in [3.05, 3.63) is 123 Å². The van der Waals surface area contributed by atoms with Gasteiger partial charge in [0.15, 0.2) is 5.60 Å². The van der Waals surface area contributed by atoms with Crippen molar-refractivity contribution >= 4 is 20.5 Å².